The van der Waals surface area contributed by atoms with E-state index in [-0.39, 0.29) is 11.9 Å². The highest BCUT2D eigenvalue weighted by molar-refractivity contribution is 7.71. The second-order valence-electron chi connectivity index (χ2n) is 5.70. The van der Waals surface area contributed by atoms with Crippen LogP contribution in [0.2, 0.25) is 0 Å². The van der Waals surface area contributed by atoms with Crippen molar-refractivity contribution >= 4 is 18.1 Å². The number of amides is 1. The first-order chi connectivity index (χ1) is 11.6. The van der Waals surface area contributed by atoms with Gasteiger partial charge in [-0.2, -0.15) is 0 Å². The third-order valence-electron chi connectivity index (χ3n) is 4.03. The lowest BCUT2D eigenvalue weighted by Gasteiger charge is -2.17. The Labute approximate surface area is 146 Å². The minimum Gasteiger partial charge on any atom is -0.344 e. The minimum atomic E-state index is -0.165. The van der Waals surface area contributed by atoms with E-state index in [0.29, 0.717) is 10.5 Å². The van der Waals surface area contributed by atoms with Crippen molar-refractivity contribution < 1.29 is 4.79 Å². The zero-order valence-corrected chi connectivity index (χ0v) is 14.4. The van der Waals surface area contributed by atoms with Crippen LogP contribution in [0.5, 0.6) is 0 Å². The fourth-order valence-corrected chi connectivity index (χ4v) is 3.05. The third-order valence-corrected chi connectivity index (χ3v) is 4.33. The summed E-state index contributed by atoms with van der Waals surface area (Å²) in [6.45, 7) is 4.02. The zero-order chi connectivity index (χ0) is 17.1. The van der Waals surface area contributed by atoms with Gasteiger partial charge in [0, 0.05) is 11.9 Å². The Kier molecular flexibility index (Phi) is 4.62. The van der Waals surface area contributed by atoms with E-state index >= 15 is 0 Å². The number of hydrogen-bond donors (Lipinski definition) is 2. The van der Waals surface area contributed by atoms with Crippen LogP contribution in [0.1, 0.15) is 34.6 Å². The molecule has 3 aromatic rings. The van der Waals surface area contributed by atoms with Gasteiger partial charge in [0.05, 0.1) is 6.04 Å². The number of aromatic amines is 1. The van der Waals surface area contributed by atoms with Crippen LogP contribution in [-0.4, -0.2) is 15.5 Å². The van der Waals surface area contributed by atoms with Gasteiger partial charge in [0.25, 0.3) is 5.91 Å². The number of imidazole rings is 1. The van der Waals surface area contributed by atoms with Gasteiger partial charge in [-0.05, 0) is 49.3 Å². The quantitative estimate of drug-likeness (QED) is 0.696. The summed E-state index contributed by atoms with van der Waals surface area (Å²) in [6.07, 6.45) is 1.65. The van der Waals surface area contributed by atoms with Gasteiger partial charge in [-0.1, -0.05) is 42.5 Å². The van der Waals surface area contributed by atoms with E-state index < -0.39 is 0 Å². The predicted octanol–water partition coefficient (Wildman–Crippen LogP) is 4.33. The molecule has 5 heteroatoms. The van der Waals surface area contributed by atoms with Gasteiger partial charge in [-0.25, -0.2) is 0 Å². The number of para-hydroxylation sites is 1. The van der Waals surface area contributed by atoms with E-state index in [1.807, 2.05) is 68.4 Å². The van der Waals surface area contributed by atoms with Crippen LogP contribution in [0.3, 0.4) is 0 Å². The summed E-state index contributed by atoms with van der Waals surface area (Å²) in [5.74, 6) is -0.165. The molecular weight excluding hydrogens is 318 g/mol. The van der Waals surface area contributed by atoms with Crippen molar-refractivity contribution in [3.63, 3.8) is 0 Å². The van der Waals surface area contributed by atoms with Gasteiger partial charge in [0.1, 0.15) is 5.69 Å². The Morgan fingerprint density at radius 1 is 1.12 bits per heavy atom. The molecule has 1 heterocycles. The van der Waals surface area contributed by atoms with Crippen molar-refractivity contribution in [3.8, 4) is 5.69 Å². The van der Waals surface area contributed by atoms with Crippen LogP contribution in [0.4, 0.5) is 0 Å². The molecule has 1 atom stereocenters. The lowest BCUT2D eigenvalue weighted by atomic mass is 10.0. The zero-order valence-electron chi connectivity index (χ0n) is 13.6. The topological polar surface area (TPSA) is 49.8 Å². The molecule has 0 radical (unpaired) electrons. The van der Waals surface area contributed by atoms with Gasteiger partial charge < -0.3 is 10.3 Å². The average Bonchev–Trinajstić information content (AvgIpc) is 2.97. The van der Waals surface area contributed by atoms with Gasteiger partial charge >= 0.3 is 0 Å². The van der Waals surface area contributed by atoms with Crippen LogP contribution in [0.15, 0.2) is 60.8 Å². The molecule has 0 aliphatic heterocycles. The summed E-state index contributed by atoms with van der Waals surface area (Å²) >= 11 is 5.33. The van der Waals surface area contributed by atoms with Crippen molar-refractivity contribution in [2.75, 3.05) is 0 Å². The normalized spacial score (nSPS) is 11.9. The first-order valence-corrected chi connectivity index (χ1v) is 8.21. The molecule has 0 fully saturated rings. The smallest absolute Gasteiger partial charge is 0.270 e. The fraction of sp³-hybridized carbons (Fsp3) is 0.158. The molecule has 0 aliphatic carbocycles. The number of nitrogens with zero attached hydrogens (tertiary/aromatic N) is 1. The molecule has 0 saturated heterocycles. The molecule has 0 saturated carbocycles. The number of nitrogens with one attached hydrogen (secondary N) is 2. The van der Waals surface area contributed by atoms with Gasteiger partial charge in [0.2, 0.25) is 0 Å². The Hall–Kier alpha value is -2.66. The summed E-state index contributed by atoms with van der Waals surface area (Å²) in [7, 11) is 0. The van der Waals surface area contributed by atoms with Gasteiger partial charge in [-0.15, -0.1) is 0 Å². The van der Waals surface area contributed by atoms with E-state index in [1.165, 1.54) is 0 Å². The molecule has 3 rings (SSSR count). The molecule has 24 heavy (non-hydrogen) atoms. The van der Waals surface area contributed by atoms with Crippen LogP contribution in [0, 0.1) is 11.7 Å². The number of aromatic nitrogens is 2. The first kappa shape index (κ1) is 16.2. The first-order valence-electron chi connectivity index (χ1n) is 7.80. The second-order valence-corrected chi connectivity index (χ2v) is 6.09. The average molecular weight is 337 g/mol. The molecule has 2 aromatic carbocycles. The summed E-state index contributed by atoms with van der Waals surface area (Å²) in [4.78, 5) is 15.7. The maximum atomic E-state index is 12.7. The molecule has 122 valence electrons. The van der Waals surface area contributed by atoms with Gasteiger partial charge in [-0.3, -0.25) is 9.36 Å². The number of hydrogen-bond acceptors (Lipinski definition) is 2. The lowest BCUT2D eigenvalue weighted by molar-refractivity contribution is 0.0933. The molecule has 0 aliphatic rings. The number of rotatable bonds is 4. The summed E-state index contributed by atoms with van der Waals surface area (Å²) < 4.78 is 2.24. The lowest BCUT2D eigenvalue weighted by Crippen LogP contribution is -2.28. The predicted molar refractivity (Wildman–Crippen MR) is 98.0 cm³/mol. The number of carbonyl (C=O) groups excluding carboxylic acids is 1. The van der Waals surface area contributed by atoms with Crippen LogP contribution < -0.4 is 5.32 Å². The molecule has 1 amide bonds. The molecular formula is C19H19N3OS. The molecule has 0 spiro atoms. The molecule has 1 unspecified atom stereocenters. The molecule has 1 aromatic heterocycles. The highest BCUT2D eigenvalue weighted by atomic mass is 32.1. The molecule has 0 bridgehead atoms. The number of benzene rings is 2. The largest absolute Gasteiger partial charge is 0.344 e. The third kappa shape index (κ3) is 3.16. The summed E-state index contributed by atoms with van der Waals surface area (Å²) in [5.41, 5.74) is 3.61. The van der Waals surface area contributed by atoms with E-state index in [4.69, 9.17) is 12.2 Å². The summed E-state index contributed by atoms with van der Waals surface area (Å²) in [6, 6.07) is 17.6. The minimum absolute atomic E-state index is 0.0913. The van der Waals surface area contributed by atoms with Crippen molar-refractivity contribution in [1.29, 1.82) is 0 Å². The highest BCUT2D eigenvalue weighted by Gasteiger charge is 2.17. The van der Waals surface area contributed by atoms with E-state index in [0.717, 1.165) is 16.8 Å². The van der Waals surface area contributed by atoms with Crippen molar-refractivity contribution in [3.05, 3.63) is 82.4 Å². The van der Waals surface area contributed by atoms with Crippen molar-refractivity contribution in [1.82, 2.24) is 14.9 Å². The Bertz CT molecular complexity index is 912. The summed E-state index contributed by atoms with van der Waals surface area (Å²) in [5, 5.41) is 3.05. The van der Waals surface area contributed by atoms with Crippen molar-refractivity contribution in [2.45, 2.75) is 19.9 Å². The Morgan fingerprint density at radius 2 is 1.79 bits per heavy atom. The molecule has 4 nitrogen and oxygen atoms in total. The highest BCUT2D eigenvalue weighted by Crippen LogP contribution is 2.18. The molecule has 2 N–H and O–H groups in total. The second kappa shape index (κ2) is 6.84. The maximum Gasteiger partial charge on any atom is 0.270 e. The Balaban J connectivity index is 1.90. The standard InChI is InChI=1S/C19H19N3OS/c1-13-8-6-7-11-16(13)14(2)21-18(23)17-12-20-19(24)22(17)15-9-4-3-5-10-15/h3-12,14H,1-2H3,(H,20,24)(H,21,23). The van der Waals surface area contributed by atoms with Crippen LogP contribution >= 0.6 is 12.2 Å². The Morgan fingerprint density at radius 3 is 2.50 bits per heavy atom. The number of H-pyrrole nitrogens is 1. The SMILES string of the molecule is Cc1ccccc1C(C)NC(=O)c1c[nH]c(=S)n1-c1ccccc1. The fourth-order valence-electron chi connectivity index (χ4n) is 2.79. The monoisotopic (exact) mass is 337 g/mol. The maximum absolute atomic E-state index is 12.7. The van der Waals surface area contributed by atoms with Crippen LogP contribution in [-0.2, 0) is 0 Å². The van der Waals surface area contributed by atoms with Crippen LogP contribution in [0.25, 0.3) is 5.69 Å². The number of aryl methyl sites for hydroxylation is 1. The van der Waals surface area contributed by atoms with Gasteiger partial charge in [0.15, 0.2) is 4.77 Å². The van der Waals surface area contributed by atoms with Crippen molar-refractivity contribution in [2.24, 2.45) is 0 Å². The number of carbonyl (C=O) groups is 1. The van der Waals surface area contributed by atoms with E-state index in [9.17, 15) is 4.79 Å². The van der Waals surface area contributed by atoms with E-state index in [2.05, 4.69) is 10.3 Å². The van der Waals surface area contributed by atoms with E-state index in [1.54, 1.807) is 10.8 Å².